The van der Waals surface area contributed by atoms with Crippen molar-refractivity contribution >= 4 is 16.9 Å². The molecule has 0 spiro atoms. The van der Waals surface area contributed by atoms with Gasteiger partial charge in [-0.15, -0.1) is 10.2 Å². The molecule has 6 heteroatoms. The molecular weight excluding hydrogens is 328 g/mol. The molecule has 0 fully saturated rings. The lowest BCUT2D eigenvalue weighted by Gasteiger charge is -2.34. The maximum Gasteiger partial charge on any atom is 0.290 e. The molecular formula is C20H24N4O2. The van der Waals surface area contributed by atoms with Gasteiger partial charge >= 0.3 is 0 Å². The first-order chi connectivity index (χ1) is 12.5. The maximum atomic E-state index is 13.2. The molecule has 0 radical (unpaired) electrons. The molecule has 0 saturated carbocycles. The molecule has 1 atom stereocenters. The highest BCUT2D eigenvalue weighted by Gasteiger charge is 2.33. The normalized spacial score (nSPS) is 17.1. The molecule has 3 aromatic rings. The summed E-state index contributed by atoms with van der Waals surface area (Å²) in [4.78, 5) is 15.1. The van der Waals surface area contributed by atoms with Crippen LogP contribution in [0, 0.1) is 19.8 Å². The summed E-state index contributed by atoms with van der Waals surface area (Å²) in [6.07, 6.45) is 0.981. The topological polar surface area (TPSA) is 64.2 Å². The lowest BCUT2D eigenvalue weighted by atomic mass is 10.0. The van der Waals surface area contributed by atoms with Crippen molar-refractivity contribution in [2.75, 3.05) is 6.54 Å². The van der Waals surface area contributed by atoms with E-state index < -0.39 is 0 Å². The Labute approximate surface area is 152 Å². The van der Waals surface area contributed by atoms with Crippen LogP contribution in [-0.2, 0) is 6.54 Å². The number of hydrogen-bond acceptors (Lipinski definition) is 4. The first-order valence-electron chi connectivity index (χ1n) is 9.13. The average molecular weight is 352 g/mol. The molecule has 1 aliphatic rings. The zero-order valence-electron chi connectivity index (χ0n) is 15.7. The second-order valence-electron chi connectivity index (χ2n) is 7.55. The molecule has 0 unspecified atom stereocenters. The Morgan fingerprint density at radius 2 is 2.04 bits per heavy atom. The lowest BCUT2D eigenvalue weighted by Crippen LogP contribution is -2.42. The van der Waals surface area contributed by atoms with Crippen LogP contribution in [0.3, 0.4) is 0 Å². The molecule has 1 aliphatic heterocycles. The highest BCUT2D eigenvalue weighted by Crippen LogP contribution is 2.30. The fourth-order valence-electron chi connectivity index (χ4n) is 3.97. The Morgan fingerprint density at radius 1 is 1.27 bits per heavy atom. The van der Waals surface area contributed by atoms with Gasteiger partial charge in [0.05, 0.1) is 12.6 Å². The van der Waals surface area contributed by atoms with Crippen molar-refractivity contribution in [3.05, 3.63) is 47.2 Å². The van der Waals surface area contributed by atoms with Crippen molar-refractivity contribution < 1.29 is 9.21 Å². The Bertz CT molecular complexity index is 970. The molecule has 0 aliphatic carbocycles. The van der Waals surface area contributed by atoms with Crippen LogP contribution >= 0.6 is 0 Å². The van der Waals surface area contributed by atoms with E-state index >= 15 is 0 Å². The summed E-state index contributed by atoms with van der Waals surface area (Å²) < 4.78 is 8.08. The predicted molar refractivity (Wildman–Crippen MR) is 98.9 cm³/mol. The van der Waals surface area contributed by atoms with Gasteiger partial charge in [0.15, 0.2) is 11.6 Å². The minimum absolute atomic E-state index is 0.0700. The molecule has 2 aromatic heterocycles. The Morgan fingerprint density at radius 3 is 2.77 bits per heavy atom. The summed E-state index contributed by atoms with van der Waals surface area (Å²) in [5.41, 5.74) is 1.65. The number of rotatable bonds is 3. The van der Waals surface area contributed by atoms with Crippen LogP contribution in [0.25, 0.3) is 11.0 Å². The molecule has 1 aromatic carbocycles. The fraction of sp³-hybridized carbons (Fsp3) is 0.450. The molecule has 136 valence electrons. The predicted octanol–water partition coefficient (Wildman–Crippen LogP) is 3.88. The molecule has 0 bridgehead atoms. The highest BCUT2D eigenvalue weighted by molar-refractivity contribution is 5.98. The van der Waals surface area contributed by atoms with Crippen LogP contribution in [-0.4, -0.2) is 32.1 Å². The molecule has 3 heterocycles. The van der Waals surface area contributed by atoms with Crippen LogP contribution < -0.4 is 0 Å². The van der Waals surface area contributed by atoms with Crippen molar-refractivity contribution in [3.8, 4) is 0 Å². The van der Waals surface area contributed by atoms with Gasteiger partial charge in [0, 0.05) is 17.5 Å². The highest BCUT2D eigenvalue weighted by atomic mass is 16.3. The number of aromatic nitrogens is 3. The molecule has 4 rings (SSSR count). The van der Waals surface area contributed by atoms with Gasteiger partial charge in [-0.1, -0.05) is 32.0 Å². The van der Waals surface area contributed by atoms with E-state index in [0.717, 1.165) is 34.6 Å². The largest absolute Gasteiger partial charge is 0.451 e. The smallest absolute Gasteiger partial charge is 0.290 e. The second kappa shape index (κ2) is 6.27. The number of carbonyl (C=O) groups is 1. The van der Waals surface area contributed by atoms with Crippen molar-refractivity contribution in [2.45, 2.75) is 46.7 Å². The third-order valence-electron chi connectivity index (χ3n) is 5.13. The minimum atomic E-state index is -0.0700. The minimum Gasteiger partial charge on any atom is -0.451 e. The number of furan rings is 1. The van der Waals surface area contributed by atoms with Crippen molar-refractivity contribution in [3.63, 3.8) is 0 Å². The van der Waals surface area contributed by atoms with E-state index in [-0.39, 0.29) is 11.9 Å². The summed E-state index contributed by atoms with van der Waals surface area (Å²) in [6, 6.07) is 7.97. The van der Waals surface area contributed by atoms with Crippen LogP contribution in [0.2, 0.25) is 0 Å². The number of amides is 1. The van der Waals surface area contributed by atoms with Gasteiger partial charge in [-0.05, 0) is 32.3 Å². The summed E-state index contributed by atoms with van der Waals surface area (Å²) >= 11 is 0. The van der Waals surface area contributed by atoms with Gasteiger partial charge in [0.25, 0.3) is 5.91 Å². The van der Waals surface area contributed by atoms with Crippen molar-refractivity contribution in [1.29, 1.82) is 0 Å². The molecule has 26 heavy (non-hydrogen) atoms. The quantitative estimate of drug-likeness (QED) is 0.717. The van der Waals surface area contributed by atoms with Gasteiger partial charge in [-0.25, -0.2) is 0 Å². The van der Waals surface area contributed by atoms with Crippen LogP contribution in [0.5, 0.6) is 0 Å². The van der Waals surface area contributed by atoms with Gasteiger partial charge in [0.2, 0.25) is 0 Å². The van der Waals surface area contributed by atoms with Crippen LogP contribution in [0.15, 0.2) is 28.7 Å². The molecule has 1 amide bonds. The molecule has 6 nitrogen and oxygen atoms in total. The van der Waals surface area contributed by atoms with E-state index in [9.17, 15) is 4.79 Å². The number of carbonyl (C=O) groups excluding carboxylic acids is 1. The summed E-state index contributed by atoms with van der Waals surface area (Å²) in [6.45, 7) is 9.43. The number of fused-ring (bicyclic) bond motifs is 2. The maximum absolute atomic E-state index is 13.2. The third kappa shape index (κ3) is 2.69. The first kappa shape index (κ1) is 16.8. The van der Waals surface area contributed by atoms with Crippen molar-refractivity contribution in [1.82, 2.24) is 19.7 Å². The monoisotopic (exact) mass is 352 g/mol. The van der Waals surface area contributed by atoms with E-state index in [1.165, 1.54) is 0 Å². The van der Waals surface area contributed by atoms with Crippen LogP contribution in [0.4, 0.5) is 0 Å². The van der Waals surface area contributed by atoms with E-state index in [1.54, 1.807) is 0 Å². The van der Waals surface area contributed by atoms with E-state index in [2.05, 4.69) is 28.6 Å². The van der Waals surface area contributed by atoms with E-state index in [0.29, 0.717) is 24.8 Å². The average Bonchev–Trinajstić information content (AvgIpc) is 3.15. The number of benzene rings is 1. The van der Waals surface area contributed by atoms with E-state index in [4.69, 9.17) is 4.42 Å². The molecule has 0 N–H and O–H groups in total. The Hall–Kier alpha value is -2.63. The van der Waals surface area contributed by atoms with Gasteiger partial charge in [-0.3, -0.25) is 4.79 Å². The third-order valence-corrected chi connectivity index (χ3v) is 5.13. The van der Waals surface area contributed by atoms with Crippen LogP contribution in [0.1, 0.15) is 54.1 Å². The fourth-order valence-corrected chi connectivity index (χ4v) is 3.97. The number of hydrogen-bond donors (Lipinski definition) is 0. The standard InChI is InChI=1S/C20H24N4O2/c1-12(2)9-15-10-23(11-18-22-21-14(4)24(15)18)20(25)19-13(3)16-7-5-6-8-17(16)26-19/h5-8,12,15H,9-11H2,1-4H3/t15-/m0/s1. The van der Waals surface area contributed by atoms with Gasteiger partial charge in [-0.2, -0.15) is 0 Å². The SMILES string of the molecule is Cc1c(C(=O)N2Cc3nnc(C)n3[C@@H](CC(C)C)C2)oc2ccccc12. The molecule has 0 saturated heterocycles. The van der Waals surface area contributed by atoms with Gasteiger partial charge < -0.3 is 13.9 Å². The Kier molecular flexibility index (Phi) is 4.05. The number of nitrogens with zero attached hydrogens (tertiary/aromatic N) is 4. The Balaban J connectivity index is 1.69. The number of para-hydroxylation sites is 1. The summed E-state index contributed by atoms with van der Waals surface area (Å²) in [5.74, 6) is 2.65. The van der Waals surface area contributed by atoms with E-state index in [1.807, 2.05) is 43.0 Å². The van der Waals surface area contributed by atoms with Crippen molar-refractivity contribution in [2.24, 2.45) is 5.92 Å². The van der Waals surface area contributed by atoms with Gasteiger partial charge in [0.1, 0.15) is 11.4 Å². The zero-order valence-corrected chi connectivity index (χ0v) is 15.7. The summed E-state index contributed by atoms with van der Waals surface area (Å²) in [7, 11) is 0. The first-order valence-corrected chi connectivity index (χ1v) is 9.13. The number of aryl methyl sites for hydroxylation is 2. The zero-order chi connectivity index (χ0) is 18.4. The summed E-state index contributed by atoms with van der Waals surface area (Å²) in [5, 5.41) is 9.51. The second-order valence-corrected chi connectivity index (χ2v) is 7.55. The lowest BCUT2D eigenvalue weighted by molar-refractivity contribution is 0.0630.